The molecule has 9 rings (SSSR count). The van der Waals surface area contributed by atoms with Crippen LogP contribution in [-0.4, -0.2) is 154 Å². The number of hydrogen-bond acceptors (Lipinski definition) is 18. The molecule has 0 spiro atoms. The van der Waals surface area contributed by atoms with Crippen molar-refractivity contribution in [2.75, 3.05) is 28.2 Å². The highest BCUT2D eigenvalue weighted by molar-refractivity contribution is 8.00. The normalized spacial score (nSPS) is 28.5. The number of hydrogen-bond donors (Lipinski definition) is 0. The third-order valence-corrected chi connectivity index (χ3v) is 39.1. The Labute approximate surface area is 625 Å². The van der Waals surface area contributed by atoms with E-state index in [2.05, 4.69) is 357 Å². The van der Waals surface area contributed by atoms with Crippen LogP contribution in [-0.2, 0) is 14.7 Å². The van der Waals surface area contributed by atoms with Gasteiger partial charge in [0.25, 0.3) is 0 Å². The summed E-state index contributed by atoms with van der Waals surface area (Å²) in [7, 11) is 5.04. The van der Waals surface area contributed by atoms with Crippen LogP contribution in [0.25, 0.3) is 0 Å². The number of sulfone groups is 1. The summed E-state index contributed by atoms with van der Waals surface area (Å²) >= 11 is 5.11. The van der Waals surface area contributed by atoms with E-state index in [0.29, 0.717) is 0 Å². The molecular weight excluding hydrogens is 1310 g/mol. The Morgan fingerprint density at radius 3 is 0.495 bits per heavy atom. The third kappa shape index (κ3) is 16.2. The molecule has 1 saturated heterocycles. The van der Waals surface area contributed by atoms with Gasteiger partial charge in [0.05, 0.1) is 37.4 Å². The van der Waals surface area contributed by atoms with Crippen LogP contribution in [0.3, 0.4) is 0 Å². The standard InChI is InChI=1S/C12H24O2S.4C9H18N2.C8H15NO.3C8H15NS/c1-9(2)10(3,4)12(7,8)15(13,14)11(9,5)6;4*1-7-8(2,3)9(4,5)11(6)10-7;4*1-6-7(2,3)8(4,5)10-9-6/h1-8H3;4*1-6H3;4*1-5H3. The van der Waals surface area contributed by atoms with Crippen molar-refractivity contribution in [1.82, 2.24) is 20.0 Å². The number of hydrazone groups is 4. The van der Waals surface area contributed by atoms with E-state index in [1.807, 2.05) is 62.8 Å². The summed E-state index contributed by atoms with van der Waals surface area (Å²) in [6, 6.07) is 0. The van der Waals surface area contributed by atoms with Crippen molar-refractivity contribution >= 4 is 91.4 Å². The van der Waals surface area contributed by atoms with Gasteiger partial charge in [-0.05, 0) is 241 Å². The van der Waals surface area contributed by atoms with Crippen molar-refractivity contribution in [3.8, 4) is 0 Å². The minimum Gasteiger partial charge on any atom is -0.389 e. The highest BCUT2D eigenvalue weighted by Gasteiger charge is 2.72. The van der Waals surface area contributed by atoms with Gasteiger partial charge in [-0.25, -0.2) is 21.6 Å². The average molecular weight is 1460 g/mol. The predicted molar refractivity (Wildman–Crippen MR) is 447 cm³/mol. The van der Waals surface area contributed by atoms with Crippen molar-refractivity contribution in [2.45, 2.75) is 384 Å². The van der Waals surface area contributed by atoms with Gasteiger partial charge < -0.3 is 4.84 Å². The van der Waals surface area contributed by atoms with E-state index in [9.17, 15) is 8.42 Å². The summed E-state index contributed by atoms with van der Waals surface area (Å²) in [5.74, 6) is 0. The van der Waals surface area contributed by atoms with Gasteiger partial charge in [0, 0.05) is 126 Å². The Morgan fingerprint density at radius 2 is 0.455 bits per heavy atom. The molecule has 9 aliphatic rings. The maximum absolute atomic E-state index is 12.6. The predicted octanol–water partition coefficient (Wildman–Crippen LogP) is 22.4. The van der Waals surface area contributed by atoms with Gasteiger partial charge in [0.2, 0.25) is 0 Å². The van der Waals surface area contributed by atoms with Crippen LogP contribution in [0.4, 0.5) is 0 Å². The fourth-order valence-electron chi connectivity index (χ4n) is 11.5. The summed E-state index contributed by atoms with van der Waals surface area (Å²) < 4.78 is 37.7. The van der Waals surface area contributed by atoms with Crippen LogP contribution < -0.4 is 0 Å². The number of rotatable bonds is 0. The van der Waals surface area contributed by atoms with Gasteiger partial charge in [-0.1, -0.05) is 144 Å². The van der Waals surface area contributed by atoms with Crippen molar-refractivity contribution in [1.29, 1.82) is 0 Å². The lowest BCUT2D eigenvalue weighted by Gasteiger charge is -2.44. The molecule has 578 valence electrons. The van der Waals surface area contributed by atoms with E-state index in [-0.39, 0.29) is 96.1 Å². The molecule has 0 saturated carbocycles. The second-order valence-electron chi connectivity index (χ2n) is 40.0. The molecule has 0 aromatic heterocycles. The molecular formula is C80H156N12O3S4. The van der Waals surface area contributed by atoms with Crippen molar-refractivity contribution in [2.24, 2.45) is 92.9 Å². The molecule has 9 heterocycles. The van der Waals surface area contributed by atoms with Crippen LogP contribution in [0, 0.1) is 54.1 Å². The van der Waals surface area contributed by atoms with Crippen molar-refractivity contribution in [3.63, 3.8) is 0 Å². The summed E-state index contributed by atoms with van der Waals surface area (Å²) in [4.78, 5) is 5.26. The first-order chi connectivity index (χ1) is 43.0. The summed E-state index contributed by atoms with van der Waals surface area (Å²) in [5.41, 5.74) is 11.4. The highest BCUT2D eigenvalue weighted by atomic mass is 32.2. The summed E-state index contributed by atoms with van der Waals surface area (Å²) in [6.45, 7) is 104. The molecule has 0 bridgehead atoms. The Kier molecular flexibility index (Phi) is 27.6. The molecule has 15 nitrogen and oxygen atoms in total. The van der Waals surface area contributed by atoms with Crippen LogP contribution in [0.1, 0.15) is 332 Å². The molecule has 0 unspecified atom stereocenters. The van der Waals surface area contributed by atoms with E-state index in [4.69, 9.17) is 4.84 Å². The average Bonchev–Trinajstić information content (AvgIpc) is 1.51. The SMILES string of the molecule is CC1(C)C(C)(C)C(C)(C)S(=O)(=O)C1(C)C.CC1=NN(C)C(C)(C)C1(C)C.CC1=NN(C)C(C)(C)C1(C)C.CC1=NN(C)C(C)(C)C1(C)C.CC1=NN(C)C(C)(C)C1(C)C.CC1=NOC(C)(C)C1(C)C.CC1=NSC(C)(C)C1(C)C.CC1=NSC(C)(C)C1(C)C.CC1=NSC(C)(C)C1(C)C. The van der Waals surface area contributed by atoms with Crippen LogP contribution in [0.2, 0.25) is 0 Å². The zero-order valence-electron chi connectivity index (χ0n) is 74.2. The smallest absolute Gasteiger partial charge is 0.161 e. The lowest BCUT2D eigenvalue weighted by Crippen LogP contribution is -2.46. The molecule has 0 N–H and O–H groups in total. The maximum Gasteiger partial charge on any atom is 0.161 e. The van der Waals surface area contributed by atoms with E-state index >= 15 is 0 Å². The molecule has 19 heteroatoms. The van der Waals surface area contributed by atoms with E-state index in [1.54, 1.807) is 35.8 Å². The molecule has 1 fully saturated rings. The van der Waals surface area contributed by atoms with E-state index < -0.39 is 19.3 Å². The van der Waals surface area contributed by atoms with Crippen LogP contribution in [0.15, 0.2) is 38.8 Å². The molecule has 0 aliphatic carbocycles. The quantitative estimate of drug-likeness (QED) is 0.214. The fourth-order valence-corrected chi connectivity index (χ4v) is 17.5. The van der Waals surface area contributed by atoms with Crippen molar-refractivity contribution < 1.29 is 13.3 Å². The second kappa shape index (κ2) is 28.9. The van der Waals surface area contributed by atoms with E-state index in [0.717, 1.165) is 5.71 Å². The Bertz CT molecular complexity index is 2890. The molecule has 0 aromatic rings. The van der Waals surface area contributed by atoms with Gasteiger partial charge in [0.15, 0.2) is 9.84 Å². The zero-order chi connectivity index (χ0) is 79.9. The molecule has 9 aliphatic heterocycles. The second-order valence-corrected chi connectivity index (χ2v) is 47.2. The zero-order valence-corrected chi connectivity index (χ0v) is 77.5. The summed E-state index contributed by atoms with van der Waals surface area (Å²) in [6.07, 6.45) is 0. The lowest BCUT2D eigenvalue weighted by molar-refractivity contribution is -0.0409. The minimum atomic E-state index is -3.12. The number of nitrogens with zero attached hydrogens (tertiary/aromatic N) is 12. The summed E-state index contributed by atoms with van der Waals surface area (Å²) in [5, 5.41) is 30.0. The van der Waals surface area contributed by atoms with Gasteiger partial charge in [-0.2, -0.15) is 20.4 Å². The first-order valence-electron chi connectivity index (χ1n) is 36.3. The van der Waals surface area contributed by atoms with Crippen LogP contribution >= 0.6 is 35.8 Å². The van der Waals surface area contributed by atoms with Crippen LogP contribution in [0.5, 0.6) is 0 Å². The first kappa shape index (κ1) is 94.4. The first-order valence-corrected chi connectivity index (χ1v) is 40.1. The van der Waals surface area contributed by atoms with Gasteiger partial charge in [-0.15, -0.1) is 0 Å². The van der Waals surface area contributed by atoms with Gasteiger partial charge in [-0.3, -0.25) is 20.0 Å². The Morgan fingerprint density at radius 1 is 0.273 bits per heavy atom. The third-order valence-electron chi connectivity index (χ3n) is 31.4. The lowest BCUT2D eigenvalue weighted by atomic mass is 9.57. The number of oxime groups is 1. The monoisotopic (exact) mass is 1460 g/mol. The topological polar surface area (TPSA) is 155 Å². The van der Waals surface area contributed by atoms with Gasteiger partial charge in [0.1, 0.15) is 5.60 Å². The van der Waals surface area contributed by atoms with Crippen molar-refractivity contribution in [3.05, 3.63) is 0 Å². The molecule has 99 heavy (non-hydrogen) atoms. The fraction of sp³-hybridized carbons (Fsp3) is 0.900. The van der Waals surface area contributed by atoms with E-state index in [1.165, 1.54) is 40.0 Å². The largest absolute Gasteiger partial charge is 0.389 e. The molecule has 0 radical (unpaired) electrons. The maximum atomic E-state index is 12.6. The Hall–Kier alpha value is -2.64. The molecule has 0 atom stereocenters. The molecule has 0 aromatic carbocycles. The minimum absolute atomic E-state index is 0.0764. The molecule has 0 amide bonds. The highest BCUT2D eigenvalue weighted by Crippen LogP contribution is 2.66. The van der Waals surface area contributed by atoms with Gasteiger partial charge >= 0.3 is 0 Å². The Balaban J connectivity index is 0.000000558.